The average Bonchev–Trinajstić information content (AvgIpc) is 3.22. The smallest absolute Gasteiger partial charge is 0.255 e. The standard InChI is InChI=1S/C25H22Cl2N2O3/c1-4-14(2)16-7-10-22-21(13-16)29-25(32-22)15-5-8-18(9-6-15)28-24(30)17-11-19(26)23(31-3)20(27)12-17/h5-14H,4H2,1-3H3,(H,28,30)/t14-/m1/s1. The number of carbonyl (C=O) groups is 1. The number of benzene rings is 3. The maximum atomic E-state index is 12.6. The highest BCUT2D eigenvalue weighted by atomic mass is 35.5. The van der Waals surface area contributed by atoms with E-state index in [1.54, 1.807) is 12.1 Å². The molecule has 0 radical (unpaired) electrons. The molecule has 1 aromatic heterocycles. The number of oxazole rings is 1. The number of amides is 1. The quantitative estimate of drug-likeness (QED) is 0.316. The molecule has 0 saturated heterocycles. The molecule has 7 heteroatoms. The second kappa shape index (κ2) is 9.23. The van der Waals surface area contributed by atoms with Gasteiger partial charge in [-0.3, -0.25) is 4.79 Å². The van der Waals surface area contributed by atoms with E-state index in [-0.39, 0.29) is 16.0 Å². The maximum Gasteiger partial charge on any atom is 0.255 e. The van der Waals surface area contributed by atoms with Crippen LogP contribution in [0.25, 0.3) is 22.6 Å². The third-order valence-electron chi connectivity index (χ3n) is 5.45. The maximum absolute atomic E-state index is 12.6. The van der Waals surface area contributed by atoms with E-state index in [9.17, 15) is 4.79 Å². The minimum atomic E-state index is -0.330. The number of aromatic nitrogens is 1. The first kappa shape index (κ1) is 22.2. The van der Waals surface area contributed by atoms with E-state index in [1.165, 1.54) is 24.8 Å². The molecular weight excluding hydrogens is 447 g/mol. The van der Waals surface area contributed by atoms with Gasteiger partial charge in [0, 0.05) is 16.8 Å². The van der Waals surface area contributed by atoms with Gasteiger partial charge in [-0.15, -0.1) is 0 Å². The van der Waals surface area contributed by atoms with Gasteiger partial charge in [0.25, 0.3) is 5.91 Å². The second-order valence-corrected chi connectivity index (χ2v) is 8.37. The van der Waals surface area contributed by atoms with Gasteiger partial charge in [0.15, 0.2) is 11.3 Å². The Hall–Kier alpha value is -3.02. The van der Waals surface area contributed by atoms with E-state index >= 15 is 0 Å². The molecule has 4 aromatic rings. The summed E-state index contributed by atoms with van der Waals surface area (Å²) in [6.07, 6.45) is 1.07. The van der Waals surface area contributed by atoms with Gasteiger partial charge < -0.3 is 14.5 Å². The third kappa shape index (κ3) is 4.45. The zero-order chi connectivity index (χ0) is 22.8. The lowest BCUT2D eigenvalue weighted by Crippen LogP contribution is -2.12. The molecule has 4 rings (SSSR count). The summed E-state index contributed by atoms with van der Waals surface area (Å²) in [5, 5.41) is 3.38. The molecule has 0 unspecified atom stereocenters. The van der Waals surface area contributed by atoms with Gasteiger partial charge >= 0.3 is 0 Å². The molecule has 0 bridgehead atoms. The van der Waals surface area contributed by atoms with Crippen molar-refractivity contribution in [1.29, 1.82) is 0 Å². The van der Waals surface area contributed by atoms with Crippen LogP contribution in [-0.2, 0) is 0 Å². The summed E-state index contributed by atoms with van der Waals surface area (Å²) < 4.78 is 11.0. The van der Waals surface area contributed by atoms with Gasteiger partial charge in [0.05, 0.1) is 17.2 Å². The number of nitrogens with one attached hydrogen (secondary N) is 1. The number of carbonyl (C=O) groups excluding carboxylic acids is 1. The van der Waals surface area contributed by atoms with Crippen molar-refractivity contribution in [3.05, 3.63) is 75.8 Å². The lowest BCUT2D eigenvalue weighted by Gasteiger charge is -2.09. The first-order chi connectivity index (χ1) is 15.4. The first-order valence-corrected chi connectivity index (χ1v) is 11.0. The van der Waals surface area contributed by atoms with Crippen molar-refractivity contribution in [1.82, 2.24) is 4.98 Å². The molecule has 0 aliphatic rings. The fourth-order valence-electron chi connectivity index (χ4n) is 3.40. The molecular formula is C25H22Cl2N2O3. The molecule has 0 saturated carbocycles. The largest absolute Gasteiger partial charge is 0.494 e. The van der Waals surface area contributed by atoms with E-state index in [2.05, 4.69) is 36.3 Å². The van der Waals surface area contributed by atoms with E-state index < -0.39 is 0 Å². The van der Waals surface area contributed by atoms with Crippen molar-refractivity contribution in [3.63, 3.8) is 0 Å². The van der Waals surface area contributed by atoms with Crippen LogP contribution in [0.4, 0.5) is 5.69 Å². The van der Waals surface area contributed by atoms with Crippen molar-refractivity contribution in [3.8, 4) is 17.2 Å². The van der Waals surface area contributed by atoms with Crippen LogP contribution >= 0.6 is 23.2 Å². The number of halogens is 2. The molecule has 3 aromatic carbocycles. The minimum Gasteiger partial charge on any atom is -0.494 e. The first-order valence-electron chi connectivity index (χ1n) is 10.2. The van der Waals surface area contributed by atoms with Gasteiger partial charge in [0.1, 0.15) is 5.52 Å². The topological polar surface area (TPSA) is 64.4 Å². The molecule has 1 amide bonds. The van der Waals surface area contributed by atoms with E-state index in [0.29, 0.717) is 28.8 Å². The molecule has 1 atom stereocenters. The van der Waals surface area contributed by atoms with E-state index in [4.69, 9.17) is 32.4 Å². The fraction of sp³-hybridized carbons (Fsp3) is 0.200. The molecule has 1 heterocycles. The normalized spacial score (nSPS) is 12.0. The summed E-state index contributed by atoms with van der Waals surface area (Å²) in [7, 11) is 1.47. The van der Waals surface area contributed by atoms with Crippen LogP contribution < -0.4 is 10.1 Å². The van der Waals surface area contributed by atoms with Crippen LogP contribution in [0.3, 0.4) is 0 Å². The molecule has 0 aliphatic heterocycles. The zero-order valence-corrected chi connectivity index (χ0v) is 19.4. The Morgan fingerprint density at radius 3 is 2.41 bits per heavy atom. The van der Waals surface area contributed by atoms with Crippen LogP contribution in [0.15, 0.2) is 59.0 Å². The summed E-state index contributed by atoms with van der Waals surface area (Å²) in [6, 6.07) is 16.4. The van der Waals surface area contributed by atoms with E-state index in [0.717, 1.165) is 23.1 Å². The second-order valence-electron chi connectivity index (χ2n) is 7.56. The Balaban J connectivity index is 1.52. The SMILES string of the molecule is CC[C@@H](C)c1ccc2oc(-c3ccc(NC(=O)c4cc(Cl)c(OC)c(Cl)c4)cc3)nc2c1. The van der Waals surface area contributed by atoms with Crippen LogP contribution in [0.5, 0.6) is 5.75 Å². The van der Waals surface area contributed by atoms with Gasteiger partial charge in [-0.05, 0) is 66.4 Å². The number of nitrogens with zero attached hydrogens (tertiary/aromatic N) is 1. The summed E-state index contributed by atoms with van der Waals surface area (Å²) in [4.78, 5) is 17.2. The number of ether oxygens (including phenoxy) is 1. The fourth-order valence-corrected chi connectivity index (χ4v) is 4.04. The number of anilines is 1. The molecule has 5 nitrogen and oxygen atoms in total. The van der Waals surface area contributed by atoms with Crippen molar-refractivity contribution in [2.45, 2.75) is 26.2 Å². The summed E-state index contributed by atoms with van der Waals surface area (Å²) in [5.74, 6) is 1.01. The van der Waals surface area contributed by atoms with Crippen molar-refractivity contribution in [2.24, 2.45) is 0 Å². The monoisotopic (exact) mass is 468 g/mol. The predicted octanol–water partition coefficient (Wildman–Crippen LogP) is 7.58. The van der Waals surface area contributed by atoms with Crippen LogP contribution in [-0.4, -0.2) is 18.0 Å². The Morgan fingerprint density at radius 2 is 1.78 bits per heavy atom. The van der Waals surface area contributed by atoms with Crippen molar-refractivity contribution >= 4 is 45.9 Å². The van der Waals surface area contributed by atoms with Gasteiger partial charge in [-0.25, -0.2) is 4.98 Å². The third-order valence-corrected chi connectivity index (χ3v) is 6.01. The summed E-state index contributed by atoms with van der Waals surface area (Å²) in [6.45, 7) is 4.37. The van der Waals surface area contributed by atoms with Gasteiger partial charge in [0.2, 0.25) is 5.89 Å². The molecule has 1 N–H and O–H groups in total. The van der Waals surface area contributed by atoms with Crippen molar-refractivity contribution < 1.29 is 13.9 Å². The van der Waals surface area contributed by atoms with Gasteiger partial charge in [-0.1, -0.05) is 43.1 Å². The Labute approximate surface area is 196 Å². The molecule has 0 fully saturated rings. The van der Waals surface area contributed by atoms with Crippen LogP contribution in [0, 0.1) is 0 Å². The Bertz CT molecular complexity index is 1260. The van der Waals surface area contributed by atoms with E-state index in [1.807, 2.05) is 18.2 Å². The molecule has 0 aliphatic carbocycles. The number of fused-ring (bicyclic) bond motifs is 1. The Kier molecular flexibility index (Phi) is 6.40. The number of hydrogen-bond donors (Lipinski definition) is 1. The predicted molar refractivity (Wildman–Crippen MR) is 129 cm³/mol. The number of methoxy groups -OCH3 is 1. The average molecular weight is 469 g/mol. The van der Waals surface area contributed by atoms with Crippen LogP contribution in [0.2, 0.25) is 10.0 Å². The highest BCUT2D eigenvalue weighted by molar-refractivity contribution is 6.37. The minimum absolute atomic E-state index is 0.271. The lowest BCUT2D eigenvalue weighted by atomic mass is 9.98. The van der Waals surface area contributed by atoms with Crippen LogP contribution in [0.1, 0.15) is 42.1 Å². The summed E-state index contributed by atoms with van der Waals surface area (Å²) in [5.41, 5.74) is 4.61. The van der Waals surface area contributed by atoms with Gasteiger partial charge in [-0.2, -0.15) is 0 Å². The number of hydrogen-bond acceptors (Lipinski definition) is 4. The lowest BCUT2D eigenvalue weighted by molar-refractivity contribution is 0.102. The van der Waals surface area contributed by atoms with Crippen molar-refractivity contribution in [2.75, 3.05) is 12.4 Å². The molecule has 0 spiro atoms. The zero-order valence-electron chi connectivity index (χ0n) is 17.9. The molecule has 32 heavy (non-hydrogen) atoms. The Morgan fingerprint density at radius 1 is 1.09 bits per heavy atom. The highest BCUT2D eigenvalue weighted by Crippen LogP contribution is 2.34. The summed E-state index contributed by atoms with van der Waals surface area (Å²) >= 11 is 12.3. The molecule has 164 valence electrons. The highest BCUT2D eigenvalue weighted by Gasteiger charge is 2.15. The number of rotatable bonds is 6.